The summed E-state index contributed by atoms with van der Waals surface area (Å²) in [5, 5.41) is 1.04. The SMILES string of the molecule is CCOC(=O)C(C)(C)c1c[nH]c2ccc(Br)cc12. The van der Waals surface area contributed by atoms with Crippen LogP contribution < -0.4 is 0 Å². The van der Waals surface area contributed by atoms with Crippen LogP contribution >= 0.6 is 15.9 Å². The number of benzene rings is 1. The number of nitrogens with one attached hydrogen (secondary N) is 1. The molecule has 0 radical (unpaired) electrons. The van der Waals surface area contributed by atoms with Crippen molar-refractivity contribution in [1.29, 1.82) is 0 Å². The molecule has 0 aliphatic rings. The molecule has 0 saturated carbocycles. The number of esters is 1. The lowest BCUT2D eigenvalue weighted by atomic mass is 9.84. The second kappa shape index (κ2) is 4.76. The Labute approximate surface area is 115 Å². The number of rotatable bonds is 3. The highest BCUT2D eigenvalue weighted by molar-refractivity contribution is 9.10. The van der Waals surface area contributed by atoms with E-state index in [1.807, 2.05) is 45.2 Å². The van der Waals surface area contributed by atoms with E-state index in [2.05, 4.69) is 20.9 Å². The first-order valence-corrected chi connectivity index (χ1v) is 6.70. The van der Waals surface area contributed by atoms with Crippen molar-refractivity contribution in [2.24, 2.45) is 0 Å². The molecule has 96 valence electrons. The molecule has 4 heteroatoms. The summed E-state index contributed by atoms with van der Waals surface area (Å²) >= 11 is 3.46. The fourth-order valence-corrected chi connectivity index (χ4v) is 2.39. The smallest absolute Gasteiger partial charge is 0.316 e. The van der Waals surface area contributed by atoms with E-state index in [0.717, 1.165) is 20.9 Å². The summed E-state index contributed by atoms with van der Waals surface area (Å²) in [6.45, 7) is 5.98. The Morgan fingerprint density at radius 3 is 2.83 bits per heavy atom. The highest BCUT2D eigenvalue weighted by Gasteiger charge is 2.33. The van der Waals surface area contributed by atoms with Gasteiger partial charge in [0, 0.05) is 21.6 Å². The van der Waals surface area contributed by atoms with Crippen molar-refractivity contribution >= 4 is 32.8 Å². The maximum atomic E-state index is 12.0. The maximum absolute atomic E-state index is 12.0. The average molecular weight is 310 g/mol. The topological polar surface area (TPSA) is 42.1 Å². The first kappa shape index (κ1) is 13.1. The van der Waals surface area contributed by atoms with E-state index in [9.17, 15) is 4.79 Å². The van der Waals surface area contributed by atoms with Crippen LogP contribution in [0.25, 0.3) is 10.9 Å². The third-order valence-electron chi connectivity index (χ3n) is 3.10. The van der Waals surface area contributed by atoms with Crippen LogP contribution in [-0.4, -0.2) is 17.6 Å². The molecule has 0 saturated heterocycles. The van der Waals surface area contributed by atoms with Crippen molar-refractivity contribution in [2.75, 3.05) is 6.61 Å². The molecule has 18 heavy (non-hydrogen) atoms. The fourth-order valence-electron chi connectivity index (χ4n) is 2.03. The Hall–Kier alpha value is -1.29. The summed E-state index contributed by atoms with van der Waals surface area (Å²) < 4.78 is 6.14. The minimum Gasteiger partial charge on any atom is -0.465 e. The fraction of sp³-hybridized carbons (Fsp3) is 0.357. The number of aromatic nitrogens is 1. The molecule has 0 unspecified atom stereocenters. The highest BCUT2D eigenvalue weighted by Crippen LogP contribution is 2.32. The van der Waals surface area contributed by atoms with Crippen LogP contribution in [0.5, 0.6) is 0 Å². The van der Waals surface area contributed by atoms with Crippen molar-refractivity contribution in [2.45, 2.75) is 26.2 Å². The van der Waals surface area contributed by atoms with Crippen molar-refractivity contribution in [1.82, 2.24) is 4.98 Å². The molecule has 1 aromatic carbocycles. The van der Waals surface area contributed by atoms with Crippen molar-refractivity contribution in [3.05, 3.63) is 34.4 Å². The number of fused-ring (bicyclic) bond motifs is 1. The van der Waals surface area contributed by atoms with E-state index in [-0.39, 0.29) is 5.97 Å². The minimum absolute atomic E-state index is 0.203. The van der Waals surface area contributed by atoms with Gasteiger partial charge in [-0.1, -0.05) is 15.9 Å². The highest BCUT2D eigenvalue weighted by atomic mass is 79.9. The predicted octanol–water partition coefficient (Wildman–Crippen LogP) is 3.77. The third-order valence-corrected chi connectivity index (χ3v) is 3.60. The molecule has 1 heterocycles. The van der Waals surface area contributed by atoms with E-state index >= 15 is 0 Å². The normalized spacial score (nSPS) is 11.8. The van der Waals surface area contributed by atoms with Crippen LogP contribution in [0.15, 0.2) is 28.9 Å². The number of hydrogen-bond acceptors (Lipinski definition) is 2. The van der Waals surface area contributed by atoms with Gasteiger partial charge in [-0.05, 0) is 44.5 Å². The predicted molar refractivity (Wildman–Crippen MR) is 75.7 cm³/mol. The van der Waals surface area contributed by atoms with Gasteiger partial charge in [-0.15, -0.1) is 0 Å². The van der Waals surface area contributed by atoms with E-state index in [1.54, 1.807) is 0 Å². The Morgan fingerprint density at radius 1 is 1.44 bits per heavy atom. The molecule has 0 atom stereocenters. The van der Waals surface area contributed by atoms with Gasteiger partial charge in [0.15, 0.2) is 0 Å². The molecule has 3 nitrogen and oxygen atoms in total. The molecule has 2 aromatic rings. The molecule has 0 aliphatic carbocycles. The summed E-state index contributed by atoms with van der Waals surface area (Å²) in [6, 6.07) is 5.98. The molecule has 2 rings (SSSR count). The number of carbonyl (C=O) groups excluding carboxylic acids is 1. The third kappa shape index (κ3) is 2.17. The van der Waals surface area contributed by atoms with Gasteiger partial charge in [-0.2, -0.15) is 0 Å². The van der Waals surface area contributed by atoms with Crippen LogP contribution in [0.4, 0.5) is 0 Å². The zero-order valence-electron chi connectivity index (χ0n) is 10.7. The summed E-state index contributed by atoms with van der Waals surface area (Å²) in [4.78, 5) is 15.2. The minimum atomic E-state index is -0.658. The molecule has 0 amide bonds. The Bertz CT molecular complexity index is 586. The first-order valence-electron chi connectivity index (χ1n) is 5.91. The van der Waals surface area contributed by atoms with Crippen LogP contribution in [0, 0.1) is 0 Å². The van der Waals surface area contributed by atoms with Crippen molar-refractivity contribution in [3.8, 4) is 0 Å². The average Bonchev–Trinajstić information content (AvgIpc) is 2.72. The maximum Gasteiger partial charge on any atom is 0.316 e. The lowest BCUT2D eigenvalue weighted by Crippen LogP contribution is -2.30. The van der Waals surface area contributed by atoms with Crippen molar-refractivity contribution in [3.63, 3.8) is 0 Å². The second-order valence-electron chi connectivity index (χ2n) is 4.74. The molecular weight excluding hydrogens is 294 g/mol. The van der Waals surface area contributed by atoms with Crippen LogP contribution in [-0.2, 0) is 14.9 Å². The van der Waals surface area contributed by atoms with Gasteiger partial charge in [0.05, 0.1) is 12.0 Å². The zero-order valence-corrected chi connectivity index (χ0v) is 12.3. The van der Waals surface area contributed by atoms with Gasteiger partial charge in [0.25, 0.3) is 0 Å². The summed E-state index contributed by atoms with van der Waals surface area (Å²) in [7, 11) is 0. The lowest BCUT2D eigenvalue weighted by Gasteiger charge is -2.21. The molecule has 0 fully saturated rings. The molecule has 1 aromatic heterocycles. The monoisotopic (exact) mass is 309 g/mol. The number of aromatic amines is 1. The van der Waals surface area contributed by atoms with E-state index in [1.165, 1.54) is 0 Å². The van der Waals surface area contributed by atoms with Gasteiger partial charge >= 0.3 is 5.97 Å². The van der Waals surface area contributed by atoms with Gasteiger partial charge in [-0.25, -0.2) is 0 Å². The number of halogens is 1. The molecular formula is C14H16BrNO2. The Morgan fingerprint density at radius 2 is 2.17 bits per heavy atom. The number of H-pyrrole nitrogens is 1. The van der Waals surface area contributed by atoms with E-state index < -0.39 is 5.41 Å². The van der Waals surface area contributed by atoms with Gasteiger partial charge < -0.3 is 9.72 Å². The molecule has 0 bridgehead atoms. The Kier molecular flexibility index (Phi) is 3.48. The standard InChI is InChI=1S/C14H16BrNO2/c1-4-18-13(17)14(2,3)11-8-16-12-6-5-9(15)7-10(11)12/h5-8,16H,4H2,1-3H3. The number of ether oxygens (including phenoxy) is 1. The van der Waals surface area contributed by atoms with Crippen LogP contribution in [0.3, 0.4) is 0 Å². The quantitative estimate of drug-likeness (QED) is 0.877. The summed E-state index contributed by atoms with van der Waals surface area (Å²) in [6.07, 6.45) is 1.88. The Balaban J connectivity index is 2.53. The first-order chi connectivity index (χ1) is 8.46. The zero-order chi connectivity index (χ0) is 13.3. The van der Waals surface area contributed by atoms with Gasteiger partial charge in [0.1, 0.15) is 0 Å². The number of carbonyl (C=O) groups is 1. The van der Waals surface area contributed by atoms with Crippen LogP contribution in [0.2, 0.25) is 0 Å². The second-order valence-corrected chi connectivity index (χ2v) is 5.65. The van der Waals surface area contributed by atoms with Gasteiger partial charge in [-0.3, -0.25) is 4.79 Å². The van der Waals surface area contributed by atoms with Crippen molar-refractivity contribution < 1.29 is 9.53 Å². The van der Waals surface area contributed by atoms with Gasteiger partial charge in [0.2, 0.25) is 0 Å². The molecule has 0 spiro atoms. The summed E-state index contributed by atoms with van der Waals surface area (Å²) in [5.74, 6) is -0.203. The molecule has 0 aliphatic heterocycles. The lowest BCUT2D eigenvalue weighted by molar-refractivity contribution is -0.148. The summed E-state index contributed by atoms with van der Waals surface area (Å²) in [5.41, 5.74) is 1.32. The molecule has 1 N–H and O–H groups in total. The number of hydrogen-bond donors (Lipinski definition) is 1. The van der Waals surface area contributed by atoms with Crippen LogP contribution in [0.1, 0.15) is 26.3 Å². The van der Waals surface area contributed by atoms with E-state index in [4.69, 9.17) is 4.74 Å². The van der Waals surface area contributed by atoms with E-state index in [0.29, 0.717) is 6.61 Å². The largest absolute Gasteiger partial charge is 0.465 e.